The maximum atomic E-state index is 8.78. The molecule has 13 heavy (non-hydrogen) atoms. The van der Waals surface area contributed by atoms with Crippen LogP contribution >= 0.6 is 0 Å². The number of aryl methyl sites for hydroxylation is 1. The van der Waals surface area contributed by atoms with Crippen LogP contribution in [0.3, 0.4) is 0 Å². The minimum absolute atomic E-state index is 0.173. The summed E-state index contributed by atoms with van der Waals surface area (Å²) < 4.78 is 1.99. The van der Waals surface area contributed by atoms with Crippen molar-refractivity contribution in [3.63, 3.8) is 0 Å². The average Bonchev–Trinajstić information content (AvgIpc) is 2.31. The molecule has 74 valence electrons. The molecular weight excluding hydrogens is 164 g/mol. The average molecular weight is 182 g/mol. The van der Waals surface area contributed by atoms with Crippen molar-refractivity contribution in [3.05, 3.63) is 17.7 Å². The number of hydrogen-bond donors (Lipinski definition) is 1. The lowest BCUT2D eigenvalue weighted by atomic mass is 10.1. The van der Waals surface area contributed by atoms with Crippen molar-refractivity contribution in [3.8, 4) is 0 Å². The summed E-state index contributed by atoms with van der Waals surface area (Å²) in [4.78, 5) is 4.44. The highest BCUT2D eigenvalue weighted by atomic mass is 16.3. The first kappa shape index (κ1) is 10.3. The highest BCUT2D eigenvalue weighted by molar-refractivity contribution is 5.04. The van der Waals surface area contributed by atoms with Gasteiger partial charge in [-0.25, -0.2) is 4.98 Å². The zero-order chi connectivity index (χ0) is 9.84. The number of aliphatic hydroxyl groups is 1. The molecule has 0 spiro atoms. The third-order valence-electron chi connectivity index (χ3n) is 1.98. The molecule has 1 aromatic rings. The Labute approximate surface area is 79.4 Å². The molecule has 0 aliphatic carbocycles. The van der Waals surface area contributed by atoms with Gasteiger partial charge in [0.05, 0.1) is 12.3 Å². The van der Waals surface area contributed by atoms with E-state index in [4.69, 9.17) is 5.11 Å². The van der Waals surface area contributed by atoms with Gasteiger partial charge in [-0.15, -0.1) is 0 Å². The van der Waals surface area contributed by atoms with E-state index in [1.165, 1.54) is 0 Å². The van der Waals surface area contributed by atoms with Crippen LogP contribution in [0.1, 0.15) is 25.4 Å². The van der Waals surface area contributed by atoms with Gasteiger partial charge in [0.1, 0.15) is 5.82 Å². The molecule has 3 nitrogen and oxygen atoms in total. The normalized spacial score (nSPS) is 11.2. The summed E-state index contributed by atoms with van der Waals surface area (Å²) in [6.07, 6.45) is 3.71. The third-order valence-corrected chi connectivity index (χ3v) is 1.98. The van der Waals surface area contributed by atoms with Crippen LogP contribution in [0.5, 0.6) is 0 Å². The lowest BCUT2D eigenvalue weighted by Crippen LogP contribution is -2.00. The van der Waals surface area contributed by atoms with Crippen molar-refractivity contribution in [1.82, 2.24) is 9.55 Å². The van der Waals surface area contributed by atoms with Crippen molar-refractivity contribution in [2.75, 3.05) is 6.61 Å². The van der Waals surface area contributed by atoms with Gasteiger partial charge in [0.2, 0.25) is 0 Å². The maximum absolute atomic E-state index is 8.78. The van der Waals surface area contributed by atoms with E-state index in [1.54, 1.807) is 0 Å². The second kappa shape index (κ2) is 4.42. The molecule has 1 aromatic heterocycles. The van der Waals surface area contributed by atoms with Gasteiger partial charge in [0, 0.05) is 19.7 Å². The molecule has 0 aliphatic rings. The van der Waals surface area contributed by atoms with Crippen LogP contribution in [0.25, 0.3) is 0 Å². The van der Waals surface area contributed by atoms with Crippen molar-refractivity contribution < 1.29 is 5.11 Å². The summed E-state index contributed by atoms with van der Waals surface area (Å²) in [5.74, 6) is 1.61. The van der Waals surface area contributed by atoms with E-state index < -0.39 is 0 Å². The Hall–Kier alpha value is -0.830. The summed E-state index contributed by atoms with van der Waals surface area (Å²) in [6.45, 7) is 4.53. The molecule has 0 saturated carbocycles. The van der Waals surface area contributed by atoms with Crippen molar-refractivity contribution in [2.24, 2.45) is 13.0 Å². The highest BCUT2D eigenvalue weighted by Gasteiger charge is 2.05. The fourth-order valence-corrected chi connectivity index (χ4v) is 1.42. The van der Waals surface area contributed by atoms with Gasteiger partial charge in [-0.3, -0.25) is 0 Å². The van der Waals surface area contributed by atoms with E-state index in [0.29, 0.717) is 12.3 Å². The maximum Gasteiger partial charge on any atom is 0.111 e. The number of rotatable bonds is 4. The van der Waals surface area contributed by atoms with Gasteiger partial charge in [0.15, 0.2) is 0 Å². The molecule has 0 atom stereocenters. The van der Waals surface area contributed by atoms with E-state index in [2.05, 4.69) is 18.8 Å². The van der Waals surface area contributed by atoms with Gasteiger partial charge >= 0.3 is 0 Å². The Bertz CT molecular complexity index is 266. The quantitative estimate of drug-likeness (QED) is 0.758. The van der Waals surface area contributed by atoms with E-state index in [0.717, 1.165) is 17.9 Å². The molecule has 0 radical (unpaired) electrons. The second-order valence-corrected chi connectivity index (χ2v) is 3.83. The molecular formula is C10H18N2O. The molecule has 1 rings (SSSR count). The van der Waals surface area contributed by atoms with Crippen molar-refractivity contribution in [1.29, 1.82) is 0 Å². The Balaban J connectivity index is 2.70. The van der Waals surface area contributed by atoms with Gasteiger partial charge < -0.3 is 9.67 Å². The van der Waals surface area contributed by atoms with Gasteiger partial charge in [-0.1, -0.05) is 13.8 Å². The van der Waals surface area contributed by atoms with Crippen LogP contribution < -0.4 is 0 Å². The van der Waals surface area contributed by atoms with E-state index in [-0.39, 0.29) is 6.61 Å². The van der Waals surface area contributed by atoms with E-state index in [9.17, 15) is 0 Å². The summed E-state index contributed by atoms with van der Waals surface area (Å²) in [5.41, 5.74) is 1.13. The van der Waals surface area contributed by atoms with E-state index >= 15 is 0 Å². The first-order chi connectivity index (χ1) is 6.13. The number of hydrogen-bond acceptors (Lipinski definition) is 2. The molecule has 0 bridgehead atoms. The minimum Gasteiger partial charge on any atom is -0.396 e. The van der Waals surface area contributed by atoms with Gasteiger partial charge in [0.25, 0.3) is 0 Å². The molecule has 0 aliphatic heterocycles. The monoisotopic (exact) mass is 182 g/mol. The zero-order valence-electron chi connectivity index (χ0n) is 8.62. The lowest BCUT2D eigenvalue weighted by molar-refractivity contribution is 0.295. The fraction of sp³-hybridized carbons (Fsp3) is 0.700. The fourth-order valence-electron chi connectivity index (χ4n) is 1.42. The first-order valence-electron chi connectivity index (χ1n) is 4.75. The predicted octanol–water partition coefficient (Wildman–Crippen LogP) is 1.15. The zero-order valence-corrected chi connectivity index (χ0v) is 8.62. The van der Waals surface area contributed by atoms with Crippen molar-refractivity contribution in [2.45, 2.75) is 26.7 Å². The number of nitrogens with zero attached hydrogens (tertiary/aromatic N) is 2. The molecule has 1 N–H and O–H groups in total. The minimum atomic E-state index is 0.173. The van der Waals surface area contributed by atoms with Crippen LogP contribution in [-0.2, 0) is 19.9 Å². The first-order valence-corrected chi connectivity index (χ1v) is 4.75. The Morgan fingerprint density at radius 1 is 1.54 bits per heavy atom. The smallest absolute Gasteiger partial charge is 0.111 e. The summed E-state index contributed by atoms with van der Waals surface area (Å²) in [6, 6.07) is 0. The van der Waals surface area contributed by atoms with E-state index in [1.807, 2.05) is 17.8 Å². The Kier molecular flexibility index (Phi) is 3.48. The van der Waals surface area contributed by atoms with Crippen molar-refractivity contribution >= 4 is 0 Å². The Morgan fingerprint density at radius 2 is 2.23 bits per heavy atom. The predicted molar refractivity (Wildman–Crippen MR) is 52.5 cm³/mol. The number of aromatic nitrogens is 2. The third kappa shape index (κ3) is 2.84. The van der Waals surface area contributed by atoms with Crippen LogP contribution in [0.4, 0.5) is 0 Å². The number of imidazole rings is 1. The second-order valence-electron chi connectivity index (χ2n) is 3.83. The van der Waals surface area contributed by atoms with Crippen LogP contribution in [0, 0.1) is 5.92 Å². The topological polar surface area (TPSA) is 38.0 Å². The van der Waals surface area contributed by atoms with Crippen LogP contribution in [-0.4, -0.2) is 21.3 Å². The Morgan fingerprint density at radius 3 is 2.77 bits per heavy atom. The molecule has 0 saturated heterocycles. The van der Waals surface area contributed by atoms with Crippen LogP contribution in [0.2, 0.25) is 0 Å². The standard InChI is InChI=1S/C10H18N2O/c1-8(2)6-9-7-12(3)10(11-9)4-5-13/h7-8,13H,4-6H2,1-3H3. The highest BCUT2D eigenvalue weighted by Crippen LogP contribution is 2.07. The molecule has 1 heterocycles. The molecule has 0 aromatic carbocycles. The lowest BCUT2D eigenvalue weighted by Gasteiger charge is -1.98. The summed E-state index contributed by atoms with van der Waals surface area (Å²) in [5, 5.41) is 8.78. The van der Waals surface area contributed by atoms with Crippen LogP contribution in [0.15, 0.2) is 6.20 Å². The summed E-state index contributed by atoms with van der Waals surface area (Å²) in [7, 11) is 1.97. The van der Waals surface area contributed by atoms with Gasteiger partial charge in [-0.2, -0.15) is 0 Å². The molecule has 0 fully saturated rings. The molecule has 0 unspecified atom stereocenters. The largest absolute Gasteiger partial charge is 0.396 e. The number of aliphatic hydroxyl groups excluding tert-OH is 1. The summed E-state index contributed by atoms with van der Waals surface area (Å²) >= 11 is 0. The SMILES string of the molecule is CC(C)Cc1cn(C)c(CCO)n1. The van der Waals surface area contributed by atoms with Gasteiger partial charge in [-0.05, 0) is 12.3 Å². The molecule has 3 heteroatoms. The molecule has 0 amide bonds.